The summed E-state index contributed by atoms with van der Waals surface area (Å²) in [5, 5.41) is 3.92. The van der Waals surface area contributed by atoms with Crippen LogP contribution < -0.4 is 10.2 Å². The number of hydrogen-bond donors (Lipinski definition) is 1. The van der Waals surface area contributed by atoms with Crippen LogP contribution in [0.1, 0.15) is 38.5 Å². The number of likely N-dealkylation sites (tertiary alicyclic amines) is 1. The van der Waals surface area contributed by atoms with Gasteiger partial charge in [0.25, 0.3) is 0 Å². The summed E-state index contributed by atoms with van der Waals surface area (Å²) in [7, 11) is 0. The highest BCUT2D eigenvalue weighted by Crippen LogP contribution is 2.29. The van der Waals surface area contributed by atoms with Crippen molar-refractivity contribution in [2.24, 2.45) is 5.92 Å². The monoisotopic (exact) mass is 362 g/mol. The smallest absolute Gasteiger partial charge is 0.224 e. The minimum absolute atomic E-state index is 0.178. The lowest BCUT2D eigenvalue weighted by Gasteiger charge is -2.42. The fourth-order valence-electron chi connectivity index (χ4n) is 4.15. The number of halogens is 1. The third kappa shape index (κ3) is 4.09. The number of rotatable bonds is 4. The highest BCUT2D eigenvalue weighted by molar-refractivity contribution is 6.32. The first-order valence-electron chi connectivity index (χ1n) is 9.60. The van der Waals surface area contributed by atoms with Crippen LogP contribution in [0.3, 0.4) is 0 Å². The van der Waals surface area contributed by atoms with E-state index in [1.807, 2.05) is 12.1 Å². The van der Waals surface area contributed by atoms with E-state index >= 15 is 0 Å². The van der Waals surface area contributed by atoms with Crippen LogP contribution in [0.4, 0.5) is 5.82 Å². The number of carbonyl (C=O) groups excluding carboxylic acids is 1. The number of piperidine rings is 2. The number of aromatic nitrogens is 1. The third-order valence-electron chi connectivity index (χ3n) is 5.77. The van der Waals surface area contributed by atoms with Gasteiger partial charge in [0.05, 0.1) is 10.9 Å². The van der Waals surface area contributed by atoms with Gasteiger partial charge in [-0.1, -0.05) is 11.6 Å². The molecule has 1 aliphatic carbocycles. The number of nitrogens with zero attached hydrogens (tertiary/aromatic N) is 3. The second-order valence-corrected chi connectivity index (χ2v) is 8.05. The summed E-state index contributed by atoms with van der Waals surface area (Å²) in [6.45, 7) is 4.02. The molecule has 5 nitrogen and oxygen atoms in total. The molecule has 1 unspecified atom stereocenters. The van der Waals surface area contributed by atoms with Gasteiger partial charge in [0.2, 0.25) is 5.91 Å². The lowest BCUT2D eigenvalue weighted by Crippen LogP contribution is -2.51. The molecule has 3 aliphatic rings. The molecule has 136 valence electrons. The number of hydrogen-bond acceptors (Lipinski definition) is 4. The molecule has 4 rings (SSSR count). The Balaban J connectivity index is 1.31. The summed E-state index contributed by atoms with van der Waals surface area (Å²) in [5.74, 6) is 1.37. The van der Waals surface area contributed by atoms with Crippen molar-refractivity contribution in [2.45, 2.75) is 50.6 Å². The normalized spacial score (nSPS) is 25.8. The van der Waals surface area contributed by atoms with Gasteiger partial charge in [-0.15, -0.1) is 0 Å². The predicted octanol–water partition coefficient (Wildman–Crippen LogP) is 2.69. The van der Waals surface area contributed by atoms with E-state index in [0.29, 0.717) is 12.1 Å². The summed E-state index contributed by atoms with van der Waals surface area (Å²) in [5.41, 5.74) is 0. The summed E-state index contributed by atoms with van der Waals surface area (Å²) in [4.78, 5) is 21.7. The molecular weight excluding hydrogens is 336 g/mol. The van der Waals surface area contributed by atoms with E-state index in [2.05, 4.69) is 20.1 Å². The topological polar surface area (TPSA) is 48.5 Å². The maximum absolute atomic E-state index is 12.4. The van der Waals surface area contributed by atoms with Crippen LogP contribution in [-0.2, 0) is 4.79 Å². The quantitative estimate of drug-likeness (QED) is 0.894. The highest BCUT2D eigenvalue weighted by Gasteiger charge is 2.34. The first kappa shape index (κ1) is 17.1. The maximum atomic E-state index is 12.4. The Morgan fingerprint density at radius 1 is 1.16 bits per heavy atom. The van der Waals surface area contributed by atoms with E-state index in [0.717, 1.165) is 75.5 Å². The van der Waals surface area contributed by atoms with Crippen LogP contribution >= 0.6 is 11.6 Å². The Bertz CT molecular complexity index is 613. The molecule has 3 heterocycles. The number of anilines is 1. The van der Waals surface area contributed by atoms with Crippen LogP contribution in [0.5, 0.6) is 0 Å². The zero-order chi connectivity index (χ0) is 17.2. The average Bonchev–Trinajstić information content (AvgIpc) is 3.46. The Kier molecular flexibility index (Phi) is 5.13. The molecule has 1 N–H and O–H groups in total. The van der Waals surface area contributed by atoms with Crippen molar-refractivity contribution in [3.05, 3.63) is 23.4 Å². The molecule has 0 aromatic carbocycles. The van der Waals surface area contributed by atoms with Crippen molar-refractivity contribution < 1.29 is 4.79 Å². The second-order valence-electron chi connectivity index (χ2n) is 7.64. The molecule has 0 spiro atoms. The van der Waals surface area contributed by atoms with Crippen LogP contribution in [0, 0.1) is 5.92 Å². The predicted molar refractivity (Wildman–Crippen MR) is 99.9 cm³/mol. The molecule has 1 saturated carbocycles. The van der Waals surface area contributed by atoms with E-state index in [9.17, 15) is 4.79 Å². The first-order chi connectivity index (χ1) is 12.2. The number of amides is 1. The molecule has 3 fully saturated rings. The van der Waals surface area contributed by atoms with Crippen LogP contribution in [0.15, 0.2) is 18.3 Å². The summed E-state index contributed by atoms with van der Waals surface area (Å²) in [6.07, 6.45) is 8.54. The fraction of sp³-hybridized carbons (Fsp3) is 0.684. The Morgan fingerprint density at radius 3 is 2.68 bits per heavy atom. The Hall–Kier alpha value is -1.33. The summed E-state index contributed by atoms with van der Waals surface area (Å²) >= 11 is 6.28. The van der Waals surface area contributed by atoms with E-state index in [1.165, 1.54) is 0 Å². The van der Waals surface area contributed by atoms with Crippen LogP contribution in [0.25, 0.3) is 0 Å². The van der Waals surface area contributed by atoms with Crippen molar-refractivity contribution in [2.75, 3.05) is 31.1 Å². The van der Waals surface area contributed by atoms with Gasteiger partial charge in [-0.3, -0.25) is 9.69 Å². The zero-order valence-corrected chi connectivity index (χ0v) is 15.4. The van der Waals surface area contributed by atoms with Crippen molar-refractivity contribution in [3.63, 3.8) is 0 Å². The Labute approximate surface area is 154 Å². The SMILES string of the molecule is O=C(NC1CC1)C1CCCN(C2CCN(c3ncccc3Cl)CC2)C1. The number of pyridine rings is 1. The van der Waals surface area contributed by atoms with Gasteiger partial charge in [-0.2, -0.15) is 0 Å². The van der Waals surface area contributed by atoms with Crippen LogP contribution in [-0.4, -0.2) is 54.1 Å². The molecule has 2 saturated heterocycles. The van der Waals surface area contributed by atoms with Gasteiger partial charge in [-0.25, -0.2) is 4.98 Å². The van der Waals surface area contributed by atoms with E-state index < -0.39 is 0 Å². The molecule has 25 heavy (non-hydrogen) atoms. The maximum Gasteiger partial charge on any atom is 0.224 e. The second kappa shape index (κ2) is 7.50. The van der Waals surface area contributed by atoms with Crippen molar-refractivity contribution in [3.8, 4) is 0 Å². The highest BCUT2D eigenvalue weighted by atomic mass is 35.5. The van der Waals surface area contributed by atoms with E-state index in [1.54, 1.807) is 6.20 Å². The molecule has 6 heteroatoms. The summed E-state index contributed by atoms with van der Waals surface area (Å²) < 4.78 is 0. The number of carbonyl (C=O) groups is 1. The lowest BCUT2D eigenvalue weighted by molar-refractivity contribution is -0.127. The molecule has 0 radical (unpaired) electrons. The van der Waals surface area contributed by atoms with E-state index in [-0.39, 0.29) is 11.8 Å². The van der Waals surface area contributed by atoms with Crippen molar-refractivity contribution in [1.82, 2.24) is 15.2 Å². The first-order valence-corrected chi connectivity index (χ1v) is 9.98. The molecule has 2 aliphatic heterocycles. The molecule has 1 aromatic heterocycles. The molecule has 1 aromatic rings. The lowest BCUT2D eigenvalue weighted by atomic mass is 9.93. The van der Waals surface area contributed by atoms with Crippen LogP contribution in [0.2, 0.25) is 5.02 Å². The van der Waals surface area contributed by atoms with Gasteiger partial charge in [0.1, 0.15) is 5.82 Å². The van der Waals surface area contributed by atoms with Gasteiger partial charge >= 0.3 is 0 Å². The Morgan fingerprint density at radius 2 is 1.96 bits per heavy atom. The van der Waals surface area contributed by atoms with Gasteiger partial charge in [0, 0.05) is 37.9 Å². The molecule has 0 bridgehead atoms. The van der Waals surface area contributed by atoms with Gasteiger partial charge in [0.15, 0.2) is 0 Å². The fourth-order valence-corrected chi connectivity index (χ4v) is 4.39. The minimum Gasteiger partial charge on any atom is -0.355 e. The van der Waals surface area contributed by atoms with Gasteiger partial charge < -0.3 is 10.2 Å². The molecule has 1 atom stereocenters. The van der Waals surface area contributed by atoms with Crippen molar-refractivity contribution in [1.29, 1.82) is 0 Å². The van der Waals surface area contributed by atoms with Gasteiger partial charge in [-0.05, 0) is 57.2 Å². The third-order valence-corrected chi connectivity index (χ3v) is 6.06. The molecule has 1 amide bonds. The number of nitrogens with one attached hydrogen (secondary N) is 1. The standard InChI is InChI=1S/C19H27ClN4O/c20-17-4-1-9-21-18(17)23-11-7-16(8-12-23)24-10-2-3-14(13-24)19(25)22-15-5-6-15/h1,4,9,14-16H,2-3,5-8,10-13H2,(H,22,25). The largest absolute Gasteiger partial charge is 0.355 e. The minimum atomic E-state index is 0.178. The average molecular weight is 363 g/mol. The molecular formula is C19H27ClN4O. The van der Waals surface area contributed by atoms with E-state index in [4.69, 9.17) is 11.6 Å². The zero-order valence-electron chi connectivity index (χ0n) is 14.7. The van der Waals surface area contributed by atoms with Crippen molar-refractivity contribution >= 4 is 23.3 Å². The summed E-state index contributed by atoms with van der Waals surface area (Å²) in [6, 6.07) is 4.83.